The number of H-pyrrole nitrogens is 1. The molecule has 0 fully saturated rings. The highest BCUT2D eigenvalue weighted by Crippen LogP contribution is 2.34. The van der Waals surface area contributed by atoms with Gasteiger partial charge in [0.1, 0.15) is 11.4 Å². The summed E-state index contributed by atoms with van der Waals surface area (Å²) < 4.78 is 1.65. The van der Waals surface area contributed by atoms with Gasteiger partial charge in [-0.15, -0.1) is 0 Å². The van der Waals surface area contributed by atoms with Gasteiger partial charge in [-0.2, -0.15) is 10.2 Å². The zero-order chi connectivity index (χ0) is 23.8. The van der Waals surface area contributed by atoms with Crippen LogP contribution in [0.3, 0.4) is 0 Å². The molecular formula is C23H20ClN9O. The molecule has 10 nitrogen and oxygen atoms in total. The number of carbonyl (C=O) groups excluding carboxylic acids is 1. The van der Waals surface area contributed by atoms with Crippen LogP contribution in [-0.2, 0) is 7.05 Å². The molecule has 4 heterocycles. The van der Waals surface area contributed by atoms with E-state index in [9.17, 15) is 4.79 Å². The van der Waals surface area contributed by atoms with Crippen molar-refractivity contribution in [2.45, 2.75) is 13.0 Å². The second-order valence-corrected chi connectivity index (χ2v) is 8.18. The average molecular weight is 474 g/mol. The summed E-state index contributed by atoms with van der Waals surface area (Å²) in [6.07, 6.45) is 5.12. The van der Waals surface area contributed by atoms with E-state index in [0.29, 0.717) is 38.9 Å². The zero-order valence-corrected chi connectivity index (χ0v) is 19.1. The number of rotatable bonds is 5. The van der Waals surface area contributed by atoms with Crippen molar-refractivity contribution >= 4 is 34.2 Å². The summed E-state index contributed by atoms with van der Waals surface area (Å²) >= 11 is 6.48. The third-order valence-corrected chi connectivity index (χ3v) is 5.65. The second-order valence-electron chi connectivity index (χ2n) is 7.77. The number of pyridine rings is 1. The van der Waals surface area contributed by atoms with Crippen LogP contribution in [-0.4, -0.2) is 40.8 Å². The molecule has 0 aliphatic heterocycles. The van der Waals surface area contributed by atoms with Crippen molar-refractivity contribution in [1.82, 2.24) is 40.2 Å². The number of anilines is 1. The minimum Gasteiger partial charge on any atom is -0.382 e. The van der Waals surface area contributed by atoms with Crippen LogP contribution in [0.2, 0.25) is 5.02 Å². The zero-order valence-electron chi connectivity index (χ0n) is 18.3. The number of nitrogens with one attached hydrogen (secondary N) is 2. The minimum atomic E-state index is -0.465. The summed E-state index contributed by atoms with van der Waals surface area (Å²) in [6, 6.07) is 10.6. The number of aromatic amines is 1. The largest absolute Gasteiger partial charge is 0.382 e. The van der Waals surface area contributed by atoms with Gasteiger partial charge in [-0.1, -0.05) is 17.7 Å². The molecule has 0 aliphatic carbocycles. The summed E-state index contributed by atoms with van der Waals surface area (Å²) in [5.74, 6) is -0.474. The molecule has 1 atom stereocenters. The average Bonchev–Trinajstić information content (AvgIpc) is 3.48. The lowest BCUT2D eigenvalue weighted by atomic mass is 10.1. The summed E-state index contributed by atoms with van der Waals surface area (Å²) in [4.78, 5) is 26.6. The lowest BCUT2D eigenvalue weighted by Crippen LogP contribution is -2.29. The van der Waals surface area contributed by atoms with Crippen LogP contribution in [0.25, 0.3) is 33.5 Å². The van der Waals surface area contributed by atoms with E-state index >= 15 is 0 Å². The van der Waals surface area contributed by atoms with Crippen LogP contribution < -0.4 is 11.1 Å². The van der Waals surface area contributed by atoms with E-state index in [0.717, 1.165) is 5.39 Å². The van der Waals surface area contributed by atoms with Crippen LogP contribution >= 0.6 is 11.6 Å². The Balaban J connectivity index is 1.62. The number of aryl methyl sites for hydroxylation is 1. The number of halogens is 1. The van der Waals surface area contributed by atoms with E-state index in [-0.39, 0.29) is 17.6 Å². The molecule has 0 saturated heterocycles. The van der Waals surface area contributed by atoms with Crippen molar-refractivity contribution in [3.05, 3.63) is 71.4 Å². The number of nitrogens with two attached hydrogens (primary N) is 1. The molecule has 5 rings (SSSR count). The fourth-order valence-electron chi connectivity index (χ4n) is 3.66. The van der Waals surface area contributed by atoms with Gasteiger partial charge in [-0.25, -0.2) is 9.97 Å². The topological polar surface area (TPSA) is 140 Å². The molecule has 1 amide bonds. The summed E-state index contributed by atoms with van der Waals surface area (Å²) in [7, 11) is 1.80. The quantitative estimate of drug-likeness (QED) is 0.354. The lowest BCUT2D eigenvalue weighted by Gasteiger charge is -2.15. The number of hydrogen-bond donors (Lipinski definition) is 3. The molecule has 0 spiro atoms. The normalized spacial score (nSPS) is 12.1. The summed E-state index contributed by atoms with van der Waals surface area (Å²) in [5.41, 5.74) is 9.70. The number of aromatic nitrogens is 7. The molecule has 170 valence electrons. The van der Waals surface area contributed by atoms with Crippen molar-refractivity contribution in [3.8, 4) is 22.6 Å². The molecule has 5 aromatic rings. The first-order valence-corrected chi connectivity index (χ1v) is 10.8. The van der Waals surface area contributed by atoms with Gasteiger partial charge in [-0.05, 0) is 37.3 Å². The minimum absolute atomic E-state index is 0.000810. The molecule has 0 bridgehead atoms. The third kappa shape index (κ3) is 3.95. The predicted octanol–water partition coefficient (Wildman–Crippen LogP) is 3.54. The Bertz CT molecular complexity index is 1510. The number of benzene rings is 1. The summed E-state index contributed by atoms with van der Waals surface area (Å²) in [5, 5.41) is 15.5. The number of hydrogen-bond acceptors (Lipinski definition) is 7. The smallest absolute Gasteiger partial charge is 0.274 e. The number of nitrogens with zero attached hydrogens (tertiary/aromatic N) is 6. The highest BCUT2D eigenvalue weighted by molar-refractivity contribution is 6.35. The van der Waals surface area contributed by atoms with Crippen molar-refractivity contribution in [3.63, 3.8) is 0 Å². The number of amides is 1. The molecule has 34 heavy (non-hydrogen) atoms. The van der Waals surface area contributed by atoms with Gasteiger partial charge in [-0.3, -0.25) is 19.6 Å². The van der Waals surface area contributed by atoms with Gasteiger partial charge in [0.25, 0.3) is 5.91 Å². The fraction of sp³-hybridized carbons (Fsp3) is 0.130. The van der Waals surface area contributed by atoms with Crippen molar-refractivity contribution in [1.29, 1.82) is 0 Å². The third-order valence-electron chi connectivity index (χ3n) is 5.35. The molecule has 11 heteroatoms. The molecule has 0 radical (unpaired) electrons. The van der Waals surface area contributed by atoms with Crippen molar-refractivity contribution in [2.75, 3.05) is 5.73 Å². The Morgan fingerprint density at radius 3 is 2.79 bits per heavy atom. The van der Waals surface area contributed by atoms with Gasteiger partial charge in [0, 0.05) is 30.4 Å². The predicted molar refractivity (Wildman–Crippen MR) is 129 cm³/mol. The van der Waals surface area contributed by atoms with Crippen LogP contribution in [0.5, 0.6) is 0 Å². The van der Waals surface area contributed by atoms with Crippen molar-refractivity contribution in [2.24, 2.45) is 7.05 Å². The van der Waals surface area contributed by atoms with Gasteiger partial charge >= 0.3 is 0 Å². The molecular weight excluding hydrogens is 454 g/mol. The first-order valence-electron chi connectivity index (χ1n) is 10.4. The van der Waals surface area contributed by atoms with Crippen LogP contribution in [0.15, 0.2) is 55.0 Å². The Hall–Kier alpha value is -4.31. The number of fused-ring (bicyclic) bond motifs is 1. The highest BCUT2D eigenvalue weighted by Gasteiger charge is 2.23. The van der Waals surface area contributed by atoms with Gasteiger partial charge in [0.15, 0.2) is 11.5 Å². The van der Waals surface area contributed by atoms with E-state index in [1.807, 2.05) is 31.2 Å². The van der Waals surface area contributed by atoms with E-state index < -0.39 is 5.91 Å². The Morgan fingerprint density at radius 1 is 1.21 bits per heavy atom. The molecule has 0 aliphatic rings. The molecule has 4 N–H and O–H groups in total. The van der Waals surface area contributed by atoms with Crippen molar-refractivity contribution < 1.29 is 4.79 Å². The molecule has 4 aromatic heterocycles. The summed E-state index contributed by atoms with van der Waals surface area (Å²) in [6.45, 7) is 1.83. The van der Waals surface area contributed by atoms with E-state index in [1.165, 1.54) is 0 Å². The molecule has 1 unspecified atom stereocenters. The maximum atomic E-state index is 13.1. The fourth-order valence-corrected chi connectivity index (χ4v) is 3.93. The van der Waals surface area contributed by atoms with Crippen LogP contribution in [0.4, 0.5) is 5.82 Å². The van der Waals surface area contributed by atoms with E-state index in [4.69, 9.17) is 17.3 Å². The Kier molecular flexibility index (Phi) is 5.42. The lowest BCUT2D eigenvalue weighted by molar-refractivity contribution is 0.0935. The standard InChI is InChI=1S/C23H20ClN9O/c1-12(16-5-3-4-7-26-16)28-23(34)21-22(25)30-20(17-6-8-33(2)32-17)19(29-21)13-9-14-11-27-31-18(14)15(24)10-13/h3-12H,1-2H3,(H2,25,30)(H,27,31)(H,28,34). The van der Waals surface area contributed by atoms with E-state index in [1.54, 1.807) is 42.5 Å². The van der Waals surface area contributed by atoms with E-state index in [2.05, 4.69) is 35.6 Å². The second kappa shape index (κ2) is 8.56. The Labute approximate surface area is 199 Å². The Morgan fingerprint density at radius 2 is 2.06 bits per heavy atom. The molecule has 1 aromatic carbocycles. The maximum Gasteiger partial charge on any atom is 0.274 e. The maximum absolute atomic E-state index is 13.1. The SMILES string of the molecule is CC(NC(=O)c1nc(-c2cc(Cl)c3[nH]ncc3c2)c(-c2ccn(C)n2)nc1N)c1ccccn1. The van der Waals surface area contributed by atoms with Crippen LogP contribution in [0.1, 0.15) is 29.1 Å². The van der Waals surface area contributed by atoms with Crippen LogP contribution in [0, 0.1) is 0 Å². The van der Waals surface area contributed by atoms with Gasteiger partial charge in [0.05, 0.1) is 34.2 Å². The van der Waals surface area contributed by atoms with Gasteiger partial charge in [0.2, 0.25) is 0 Å². The highest BCUT2D eigenvalue weighted by atomic mass is 35.5. The first-order chi connectivity index (χ1) is 16.4. The monoisotopic (exact) mass is 473 g/mol. The number of carbonyl (C=O) groups is 1. The number of nitrogen functional groups attached to an aromatic ring is 1. The first kappa shape index (κ1) is 21.5. The van der Waals surface area contributed by atoms with Gasteiger partial charge < -0.3 is 11.1 Å². The molecule has 0 saturated carbocycles.